The van der Waals surface area contributed by atoms with Gasteiger partial charge in [-0.15, -0.1) is 11.3 Å². The molecule has 0 aliphatic carbocycles. The molecule has 0 spiro atoms. The van der Waals surface area contributed by atoms with Gasteiger partial charge in [0.25, 0.3) is 11.8 Å². The van der Waals surface area contributed by atoms with E-state index < -0.39 is 5.91 Å². The second-order valence-corrected chi connectivity index (χ2v) is 5.88. The van der Waals surface area contributed by atoms with Crippen molar-refractivity contribution < 1.29 is 14.3 Å². The predicted octanol–water partition coefficient (Wildman–Crippen LogP) is 1.33. The molecule has 1 aliphatic heterocycles. The molecule has 2 amide bonds. The largest absolute Gasteiger partial charge is 0.482 e. The van der Waals surface area contributed by atoms with Gasteiger partial charge in [-0.2, -0.15) is 5.10 Å². The van der Waals surface area contributed by atoms with Gasteiger partial charge in [0.2, 0.25) is 0 Å². The smallest absolute Gasteiger partial charge is 0.265 e. The van der Waals surface area contributed by atoms with Crippen molar-refractivity contribution in [1.82, 2.24) is 10.4 Å². The molecule has 0 unspecified atom stereocenters. The summed E-state index contributed by atoms with van der Waals surface area (Å²) in [6.07, 6.45) is 1.47. The van der Waals surface area contributed by atoms with E-state index in [0.717, 1.165) is 5.01 Å². The first-order valence-corrected chi connectivity index (χ1v) is 7.77. The number of ether oxygens (including phenoxy) is 1. The van der Waals surface area contributed by atoms with Crippen LogP contribution in [0.25, 0.3) is 0 Å². The molecular weight excluding hydrogens is 316 g/mol. The number of nitrogens with one attached hydrogen (secondary N) is 1. The number of para-hydroxylation sites is 2. The van der Waals surface area contributed by atoms with Crippen LogP contribution in [0.4, 0.5) is 5.69 Å². The Bertz CT molecular complexity index is 772. The molecule has 0 radical (unpaired) electrons. The number of aromatic nitrogens is 1. The minimum Gasteiger partial charge on any atom is -0.482 e. The van der Waals surface area contributed by atoms with E-state index in [2.05, 4.69) is 15.5 Å². The van der Waals surface area contributed by atoms with Crippen LogP contribution in [-0.4, -0.2) is 36.2 Å². The summed E-state index contributed by atoms with van der Waals surface area (Å²) in [5, 5.41) is 6.62. The third-order valence-electron chi connectivity index (χ3n) is 3.13. The Morgan fingerprint density at radius 2 is 2.35 bits per heavy atom. The molecule has 0 bridgehead atoms. The molecule has 8 heteroatoms. The van der Waals surface area contributed by atoms with Crippen LogP contribution in [0.2, 0.25) is 0 Å². The molecule has 0 saturated heterocycles. The zero-order valence-corrected chi connectivity index (χ0v) is 13.2. The number of fused-ring (bicyclic) bond motifs is 1. The lowest BCUT2D eigenvalue weighted by Gasteiger charge is -2.28. The second-order valence-electron chi connectivity index (χ2n) is 4.82. The van der Waals surface area contributed by atoms with Crippen LogP contribution in [0.15, 0.2) is 34.7 Å². The first-order valence-electron chi connectivity index (χ1n) is 6.90. The third kappa shape index (κ3) is 3.54. The Kier molecular flexibility index (Phi) is 4.33. The zero-order chi connectivity index (χ0) is 16.2. The Morgan fingerprint density at radius 1 is 1.52 bits per heavy atom. The van der Waals surface area contributed by atoms with E-state index >= 15 is 0 Å². The molecule has 2 aromatic rings. The van der Waals surface area contributed by atoms with E-state index in [1.807, 2.05) is 18.4 Å². The van der Waals surface area contributed by atoms with Crippen LogP contribution in [0.1, 0.15) is 10.7 Å². The standard InChI is InChI=1S/C15H14N4O3S/c1-10-17-11(9-23-10)6-16-18-14(20)7-19-12-4-2-3-5-13(12)22-8-15(19)21/h2-6,9H,7-8H2,1H3,(H,18,20)/b16-6-. The number of aryl methyl sites for hydroxylation is 1. The highest BCUT2D eigenvalue weighted by Gasteiger charge is 2.26. The van der Waals surface area contributed by atoms with Gasteiger partial charge in [0.15, 0.2) is 6.61 Å². The van der Waals surface area contributed by atoms with Crippen LogP contribution in [0.5, 0.6) is 5.75 Å². The number of nitrogens with zero attached hydrogens (tertiary/aromatic N) is 3. The summed E-state index contributed by atoms with van der Waals surface area (Å²) in [7, 11) is 0. The Balaban J connectivity index is 1.63. The summed E-state index contributed by atoms with van der Waals surface area (Å²) < 4.78 is 5.33. The monoisotopic (exact) mass is 330 g/mol. The molecule has 23 heavy (non-hydrogen) atoms. The first kappa shape index (κ1) is 15.2. The van der Waals surface area contributed by atoms with Gasteiger partial charge in [-0.1, -0.05) is 12.1 Å². The lowest BCUT2D eigenvalue weighted by Crippen LogP contribution is -2.44. The highest BCUT2D eigenvalue weighted by atomic mass is 32.1. The van der Waals surface area contributed by atoms with Crippen molar-refractivity contribution in [3.8, 4) is 5.75 Å². The maximum atomic E-state index is 12.0. The summed E-state index contributed by atoms with van der Waals surface area (Å²) in [6, 6.07) is 7.10. The van der Waals surface area contributed by atoms with Crippen LogP contribution in [0.3, 0.4) is 0 Å². The number of anilines is 1. The van der Waals surface area contributed by atoms with E-state index in [-0.39, 0.29) is 19.1 Å². The summed E-state index contributed by atoms with van der Waals surface area (Å²) in [6.45, 7) is 1.69. The number of carbonyl (C=O) groups excluding carboxylic acids is 2. The minimum absolute atomic E-state index is 0.0777. The molecule has 3 rings (SSSR count). The van der Waals surface area contributed by atoms with Gasteiger partial charge in [-0.05, 0) is 19.1 Å². The van der Waals surface area contributed by atoms with Crippen molar-refractivity contribution in [2.75, 3.05) is 18.1 Å². The van der Waals surface area contributed by atoms with Crippen molar-refractivity contribution in [2.45, 2.75) is 6.92 Å². The number of amides is 2. The van der Waals surface area contributed by atoms with Gasteiger partial charge in [0.05, 0.1) is 22.6 Å². The van der Waals surface area contributed by atoms with E-state index in [4.69, 9.17) is 4.74 Å². The maximum Gasteiger partial charge on any atom is 0.265 e. The fourth-order valence-electron chi connectivity index (χ4n) is 2.12. The van der Waals surface area contributed by atoms with E-state index in [1.165, 1.54) is 22.5 Å². The molecule has 1 aromatic carbocycles. The van der Waals surface area contributed by atoms with Crippen molar-refractivity contribution in [2.24, 2.45) is 5.10 Å². The average molecular weight is 330 g/mol. The molecule has 0 fully saturated rings. The number of thiazole rings is 1. The number of carbonyl (C=O) groups is 2. The van der Waals surface area contributed by atoms with Gasteiger partial charge in [0.1, 0.15) is 12.3 Å². The fraction of sp³-hybridized carbons (Fsp3) is 0.200. The van der Waals surface area contributed by atoms with Crippen molar-refractivity contribution in [3.05, 3.63) is 40.3 Å². The second kappa shape index (κ2) is 6.57. The summed E-state index contributed by atoms with van der Waals surface area (Å²) in [5.74, 6) is -0.0717. The van der Waals surface area contributed by atoms with Gasteiger partial charge in [-0.25, -0.2) is 10.4 Å². The molecular formula is C15H14N4O3S. The SMILES string of the molecule is Cc1nc(/C=N\NC(=O)CN2C(=O)COc3ccccc32)cs1. The van der Waals surface area contributed by atoms with E-state index in [9.17, 15) is 9.59 Å². The highest BCUT2D eigenvalue weighted by molar-refractivity contribution is 7.09. The molecule has 0 atom stereocenters. The number of hydrogen-bond donors (Lipinski definition) is 1. The summed E-state index contributed by atoms with van der Waals surface area (Å²) in [5.41, 5.74) is 3.66. The highest BCUT2D eigenvalue weighted by Crippen LogP contribution is 2.31. The molecule has 0 saturated carbocycles. The Hall–Kier alpha value is -2.74. The molecule has 2 heterocycles. The molecule has 118 valence electrons. The van der Waals surface area contributed by atoms with E-state index in [1.54, 1.807) is 18.2 Å². The number of benzene rings is 1. The normalized spacial score (nSPS) is 13.8. The number of hydrogen-bond acceptors (Lipinski definition) is 6. The average Bonchev–Trinajstić information content (AvgIpc) is 2.96. The molecule has 7 nitrogen and oxygen atoms in total. The van der Waals surface area contributed by atoms with Crippen molar-refractivity contribution in [1.29, 1.82) is 0 Å². The predicted molar refractivity (Wildman–Crippen MR) is 86.9 cm³/mol. The van der Waals surface area contributed by atoms with Crippen molar-refractivity contribution >= 4 is 35.1 Å². The third-order valence-corrected chi connectivity index (χ3v) is 3.92. The molecule has 1 aliphatic rings. The van der Waals surface area contributed by atoms with Crippen LogP contribution in [-0.2, 0) is 9.59 Å². The molecule has 1 aromatic heterocycles. The van der Waals surface area contributed by atoms with Crippen LogP contribution < -0.4 is 15.1 Å². The van der Waals surface area contributed by atoms with Gasteiger partial charge in [0, 0.05) is 5.38 Å². The lowest BCUT2D eigenvalue weighted by molar-refractivity contribution is -0.125. The Morgan fingerprint density at radius 3 is 3.13 bits per heavy atom. The van der Waals surface area contributed by atoms with Crippen molar-refractivity contribution in [3.63, 3.8) is 0 Å². The topological polar surface area (TPSA) is 83.9 Å². The van der Waals surface area contributed by atoms with Crippen LogP contribution in [0, 0.1) is 6.92 Å². The zero-order valence-electron chi connectivity index (χ0n) is 12.4. The lowest BCUT2D eigenvalue weighted by atomic mass is 10.2. The maximum absolute atomic E-state index is 12.0. The first-order chi connectivity index (χ1) is 11.1. The Labute approximate surface area is 136 Å². The van der Waals surface area contributed by atoms with Gasteiger partial charge in [-0.3, -0.25) is 14.5 Å². The fourth-order valence-corrected chi connectivity index (χ4v) is 2.68. The number of hydrazone groups is 1. The summed E-state index contributed by atoms with van der Waals surface area (Å²) >= 11 is 1.50. The van der Waals surface area contributed by atoms with Crippen LogP contribution >= 0.6 is 11.3 Å². The van der Waals surface area contributed by atoms with E-state index in [0.29, 0.717) is 17.1 Å². The number of rotatable bonds is 4. The van der Waals surface area contributed by atoms with Gasteiger partial charge >= 0.3 is 0 Å². The minimum atomic E-state index is -0.391. The summed E-state index contributed by atoms with van der Waals surface area (Å²) in [4.78, 5) is 29.5. The quantitative estimate of drug-likeness (QED) is 0.677. The van der Waals surface area contributed by atoms with Gasteiger partial charge < -0.3 is 4.74 Å². The molecule has 1 N–H and O–H groups in total.